The summed E-state index contributed by atoms with van der Waals surface area (Å²) in [7, 11) is 0. The molecule has 0 N–H and O–H groups in total. The Labute approximate surface area is 94.1 Å². The zero-order valence-electron chi connectivity index (χ0n) is 7.66. The van der Waals surface area contributed by atoms with E-state index in [1.807, 2.05) is 12.1 Å². The van der Waals surface area contributed by atoms with Crippen LogP contribution >= 0.6 is 15.9 Å². The Morgan fingerprint density at radius 2 is 2.20 bits per heavy atom. The van der Waals surface area contributed by atoms with Crippen LogP contribution in [0.1, 0.15) is 11.3 Å². The summed E-state index contributed by atoms with van der Waals surface area (Å²) < 4.78 is 5.25. The van der Waals surface area contributed by atoms with Gasteiger partial charge in [0.1, 0.15) is 11.7 Å². The molecular weight excluding hydrogens is 258 g/mol. The third-order valence-corrected chi connectivity index (χ3v) is 2.71. The van der Waals surface area contributed by atoms with Crippen LogP contribution in [0.25, 0.3) is 11.0 Å². The predicted molar refractivity (Wildman–Crippen MR) is 59.8 cm³/mol. The third-order valence-electron chi connectivity index (χ3n) is 2.06. The Kier molecular flexibility index (Phi) is 2.57. The smallest absolute Gasteiger partial charge is 0.207 e. The van der Waals surface area contributed by atoms with Gasteiger partial charge in [0.2, 0.25) is 5.76 Å². The van der Waals surface area contributed by atoms with Crippen molar-refractivity contribution in [3.8, 4) is 6.07 Å². The Morgan fingerprint density at radius 3 is 2.87 bits per heavy atom. The van der Waals surface area contributed by atoms with Crippen LogP contribution in [0.3, 0.4) is 0 Å². The minimum absolute atomic E-state index is 0.0409. The Hall–Kier alpha value is -1.60. The van der Waals surface area contributed by atoms with Crippen molar-refractivity contribution in [2.24, 2.45) is 0 Å². The van der Waals surface area contributed by atoms with Crippen LogP contribution in [0, 0.1) is 11.3 Å². The Balaban J connectivity index is 2.82. The minimum atomic E-state index is -0.186. The monoisotopic (exact) mass is 263 g/mol. The number of nitriles is 1. The van der Waals surface area contributed by atoms with E-state index in [-0.39, 0.29) is 11.2 Å². The zero-order chi connectivity index (χ0) is 10.8. The zero-order valence-corrected chi connectivity index (χ0v) is 9.24. The van der Waals surface area contributed by atoms with Crippen molar-refractivity contribution in [3.63, 3.8) is 0 Å². The molecule has 1 heterocycles. The van der Waals surface area contributed by atoms with E-state index in [9.17, 15) is 4.79 Å². The van der Waals surface area contributed by atoms with Gasteiger partial charge in [0.25, 0.3) is 0 Å². The fourth-order valence-corrected chi connectivity index (χ4v) is 1.69. The normalized spacial score (nSPS) is 10.1. The van der Waals surface area contributed by atoms with Gasteiger partial charge >= 0.3 is 0 Å². The lowest BCUT2D eigenvalue weighted by Gasteiger charge is -1.99. The van der Waals surface area contributed by atoms with E-state index < -0.39 is 0 Å². The lowest BCUT2D eigenvalue weighted by molar-refractivity contribution is 0.585. The van der Waals surface area contributed by atoms with Crippen LogP contribution in [0.15, 0.2) is 33.5 Å². The molecule has 0 spiro atoms. The first-order valence-electron chi connectivity index (χ1n) is 4.27. The van der Waals surface area contributed by atoms with Gasteiger partial charge in [0, 0.05) is 11.4 Å². The van der Waals surface area contributed by atoms with Crippen LogP contribution in [-0.2, 0) is 5.33 Å². The molecule has 0 unspecified atom stereocenters. The van der Waals surface area contributed by atoms with Gasteiger partial charge in [-0.15, -0.1) is 0 Å². The molecule has 2 aromatic rings. The molecule has 0 radical (unpaired) electrons. The van der Waals surface area contributed by atoms with Crippen molar-refractivity contribution in [1.29, 1.82) is 5.26 Å². The van der Waals surface area contributed by atoms with Gasteiger partial charge < -0.3 is 4.42 Å². The summed E-state index contributed by atoms with van der Waals surface area (Å²) in [6.07, 6.45) is 0. The number of benzene rings is 1. The van der Waals surface area contributed by atoms with Crippen molar-refractivity contribution in [2.45, 2.75) is 5.33 Å². The number of hydrogen-bond donors (Lipinski definition) is 0. The molecule has 4 heteroatoms. The molecule has 2 rings (SSSR count). The number of hydrogen-bond acceptors (Lipinski definition) is 3. The number of nitrogens with zero attached hydrogens (tertiary/aromatic N) is 1. The van der Waals surface area contributed by atoms with E-state index in [1.54, 1.807) is 12.1 Å². The second kappa shape index (κ2) is 3.87. The standard InChI is InChI=1S/C11H6BrNO2/c12-5-7-1-2-9-10(14)4-8(6-13)15-11(9)3-7/h1-4H,5H2. The Morgan fingerprint density at radius 1 is 1.40 bits per heavy atom. The molecule has 0 aliphatic carbocycles. The molecule has 1 aromatic carbocycles. The van der Waals surface area contributed by atoms with Gasteiger partial charge in [0.15, 0.2) is 5.43 Å². The molecule has 1 aromatic heterocycles. The second-order valence-corrected chi connectivity index (χ2v) is 3.61. The van der Waals surface area contributed by atoms with Gasteiger partial charge in [-0.3, -0.25) is 4.79 Å². The minimum Gasteiger partial charge on any atom is -0.445 e. The lowest BCUT2D eigenvalue weighted by Crippen LogP contribution is -2.00. The summed E-state index contributed by atoms with van der Waals surface area (Å²) in [5.74, 6) is 0.0409. The third kappa shape index (κ3) is 1.79. The molecule has 0 aliphatic rings. The summed E-state index contributed by atoms with van der Waals surface area (Å²) in [5, 5.41) is 9.84. The summed E-state index contributed by atoms with van der Waals surface area (Å²) >= 11 is 3.31. The van der Waals surface area contributed by atoms with E-state index in [0.29, 0.717) is 16.3 Å². The van der Waals surface area contributed by atoms with Crippen molar-refractivity contribution in [1.82, 2.24) is 0 Å². The summed E-state index contributed by atoms with van der Waals surface area (Å²) in [5.41, 5.74) is 1.27. The van der Waals surface area contributed by atoms with Crippen LogP contribution in [0.4, 0.5) is 0 Å². The summed E-state index contributed by atoms with van der Waals surface area (Å²) in [6.45, 7) is 0. The molecule has 0 bridgehead atoms. The highest BCUT2D eigenvalue weighted by Gasteiger charge is 2.04. The highest BCUT2D eigenvalue weighted by molar-refractivity contribution is 9.08. The van der Waals surface area contributed by atoms with E-state index >= 15 is 0 Å². The fourth-order valence-electron chi connectivity index (χ4n) is 1.34. The number of rotatable bonds is 1. The van der Waals surface area contributed by atoms with E-state index in [4.69, 9.17) is 9.68 Å². The quantitative estimate of drug-likeness (QED) is 0.744. The van der Waals surface area contributed by atoms with E-state index in [1.165, 1.54) is 6.07 Å². The SMILES string of the molecule is N#Cc1cc(=O)c2ccc(CBr)cc2o1. The molecule has 74 valence electrons. The van der Waals surface area contributed by atoms with Gasteiger partial charge in [0.05, 0.1) is 5.39 Å². The van der Waals surface area contributed by atoms with Crippen LogP contribution in [0.2, 0.25) is 0 Å². The molecule has 3 nitrogen and oxygen atoms in total. The van der Waals surface area contributed by atoms with Gasteiger partial charge in [-0.25, -0.2) is 0 Å². The molecule has 0 saturated heterocycles. The second-order valence-electron chi connectivity index (χ2n) is 3.05. The first-order chi connectivity index (χ1) is 7.24. The predicted octanol–water partition coefficient (Wildman–Crippen LogP) is 2.56. The number of halogens is 1. The molecule has 0 atom stereocenters. The van der Waals surface area contributed by atoms with Crippen LogP contribution in [0.5, 0.6) is 0 Å². The Bertz CT molecular complexity index is 610. The highest BCUT2D eigenvalue weighted by atomic mass is 79.9. The van der Waals surface area contributed by atoms with Crippen molar-refractivity contribution < 1.29 is 4.42 Å². The average molecular weight is 264 g/mol. The molecule has 0 fully saturated rings. The molecular formula is C11H6BrNO2. The summed E-state index contributed by atoms with van der Waals surface area (Å²) in [4.78, 5) is 11.5. The number of alkyl halides is 1. The lowest BCUT2D eigenvalue weighted by atomic mass is 10.1. The topological polar surface area (TPSA) is 54.0 Å². The maximum Gasteiger partial charge on any atom is 0.207 e. The number of fused-ring (bicyclic) bond motifs is 1. The summed E-state index contributed by atoms with van der Waals surface area (Å²) in [6, 6.07) is 8.33. The largest absolute Gasteiger partial charge is 0.445 e. The van der Waals surface area contributed by atoms with E-state index in [2.05, 4.69) is 15.9 Å². The molecule has 0 amide bonds. The molecule has 0 aliphatic heterocycles. The average Bonchev–Trinajstić information content (AvgIpc) is 2.28. The van der Waals surface area contributed by atoms with E-state index in [0.717, 1.165) is 5.56 Å². The van der Waals surface area contributed by atoms with Gasteiger partial charge in [-0.05, 0) is 17.7 Å². The van der Waals surface area contributed by atoms with Crippen LogP contribution < -0.4 is 5.43 Å². The maximum absolute atomic E-state index is 11.5. The van der Waals surface area contributed by atoms with Gasteiger partial charge in [-0.1, -0.05) is 22.0 Å². The first-order valence-corrected chi connectivity index (χ1v) is 5.39. The van der Waals surface area contributed by atoms with Crippen molar-refractivity contribution in [3.05, 3.63) is 45.8 Å². The van der Waals surface area contributed by atoms with Crippen molar-refractivity contribution in [2.75, 3.05) is 0 Å². The highest BCUT2D eigenvalue weighted by Crippen LogP contribution is 2.15. The van der Waals surface area contributed by atoms with Gasteiger partial charge in [-0.2, -0.15) is 5.26 Å². The molecule has 0 saturated carbocycles. The maximum atomic E-state index is 11.5. The molecule has 15 heavy (non-hydrogen) atoms. The van der Waals surface area contributed by atoms with Crippen molar-refractivity contribution >= 4 is 26.9 Å². The van der Waals surface area contributed by atoms with Crippen LogP contribution in [-0.4, -0.2) is 0 Å². The fraction of sp³-hybridized carbons (Fsp3) is 0.0909. The first kappa shape index (κ1) is 9.94.